The third-order valence-electron chi connectivity index (χ3n) is 3.85. The predicted octanol–water partition coefficient (Wildman–Crippen LogP) is 1.12. The summed E-state index contributed by atoms with van der Waals surface area (Å²) < 4.78 is 1.38. The highest BCUT2D eigenvalue weighted by molar-refractivity contribution is 7.16. The minimum atomic E-state index is -0.117. The summed E-state index contributed by atoms with van der Waals surface area (Å²) in [6.07, 6.45) is 3.65. The molecule has 0 unspecified atom stereocenters. The van der Waals surface area contributed by atoms with Gasteiger partial charge in [0, 0.05) is 18.5 Å². The number of aldehydes is 1. The summed E-state index contributed by atoms with van der Waals surface area (Å²) in [5.74, 6) is 0.191. The summed E-state index contributed by atoms with van der Waals surface area (Å²) in [5.41, 5.74) is 0.671. The molecular formula is C14H18N4O2S. The number of hydrogen-bond acceptors (Lipinski definition) is 6. The second-order valence-corrected chi connectivity index (χ2v) is 6.42. The van der Waals surface area contributed by atoms with Gasteiger partial charge in [0.2, 0.25) is 4.96 Å². The first-order valence-corrected chi connectivity index (χ1v) is 8.07. The van der Waals surface area contributed by atoms with Crippen molar-refractivity contribution in [3.63, 3.8) is 0 Å². The Kier molecular flexibility index (Phi) is 4.12. The van der Waals surface area contributed by atoms with E-state index in [1.165, 1.54) is 15.9 Å². The first-order chi connectivity index (χ1) is 10.2. The van der Waals surface area contributed by atoms with E-state index in [9.17, 15) is 9.59 Å². The summed E-state index contributed by atoms with van der Waals surface area (Å²) in [6, 6.07) is 1.57. The molecule has 0 N–H and O–H groups in total. The van der Waals surface area contributed by atoms with E-state index >= 15 is 0 Å². The molecular weight excluding hydrogens is 288 g/mol. The zero-order valence-corrected chi connectivity index (χ0v) is 12.8. The minimum Gasteiger partial charge on any atom is -0.303 e. The number of likely N-dealkylation sites (tertiary alicyclic amines) is 1. The molecule has 1 fully saturated rings. The second-order valence-electron chi connectivity index (χ2n) is 5.38. The lowest BCUT2D eigenvalue weighted by Crippen LogP contribution is -2.34. The molecule has 0 spiro atoms. The fourth-order valence-corrected chi connectivity index (χ4v) is 3.45. The van der Waals surface area contributed by atoms with Gasteiger partial charge in [-0.2, -0.15) is 9.61 Å². The quantitative estimate of drug-likeness (QED) is 0.792. The van der Waals surface area contributed by atoms with Gasteiger partial charge in [-0.05, 0) is 32.4 Å². The zero-order valence-electron chi connectivity index (χ0n) is 12.0. The molecule has 2 aromatic heterocycles. The molecule has 6 nitrogen and oxygen atoms in total. The Labute approximate surface area is 126 Å². The molecule has 3 rings (SSSR count). The standard InChI is InChI=1S/C14H18N4O2S/c1-2-12-16-18-13(20)7-11(15-14(18)21-12)8-17-5-3-10(9-19)4-6-17/h7,9-10H,2-6,8H2,1H3. The summed E-state index contributed by atoms with van der Waals surface area (Å²) >= 11 is 1.47. The van der Waals surface area contributed by atoms with Crippen molar-refractivity contribution in [1.29, 1.82) is 0 Å². The Morgan fingerprint density at radius 3 is 2.86 bits per heavy atom. The Bertz CT molecular complexity index is 701. The van der Waals surface area contributed by atoms with Gasteiger partial charge < -0.3 is 4.79 Å². The van der Waals surface area contributed by atoms with Gasteiger partial charge >= 0.3 is 0 Å². The van der Waals surface area contributed by atoms with Gasteiger partial charge in [0.25, 0.3) is 5.56 Å². The van der Waals surface area contributed by atoms with Crippen LogP contribution in [0, 0.1) is 5.92 Å². The molecule has 0 aromatic carbocycles. The van der Waals surface area contributed by atoms with Crippen molar-refractivity contribution in [2.45, 2.75) is 32.7 Å². The molecule has 7 heteroatoms. The van der Waals surface area contributed by atoms with E-state index in [-0.39, 0.29) is 11.5 Å². The highest BCUT2D eigenvalue weighted by Gasteiger charge is 2.19. The SMILES string of the molecule is CCc1nn2c(=O)cc(CN3CCC(C=O)CC3)nc2s1. The van der Waals surface area contributed by atoms with Gasteiger partial charge in [-0.15, -0.1) is 0 Å². The van der Waals surface area contributed by atoms with E-state index in [1.54, 1.807) is 6.07 Å². The number of fused-ring (bicyclic) bond motifs is 1. The Morgan fingerprint density at radius 1 is 1.43 bits per heavy atom. The lowest BCUT2D eigenvalue weighted by molar-refractivity contribution is -0.112. The van der Waals surface area contributed by atoms with Crippen LogP contribution in [0.15, 0.2) is 10.9 Å². The van der Waals surface area contributed by atoms with E-state index in [4.69, 9.17) is 0 Å². The van der Waals surface area contributed by atoms with Crippen LogP contribution < -0.4 is 5.56 Å². The van der Waals surface area contributed by atoms with Crippen LogP contribution in [0.2, 0.25) is 0 Å². The molecule has 0 atom stereocenters. The second kappa shape index (κ2) is 6.03. The van der Waals surface area contributed by atoms with Gasteiger partial charge in [0.15, 0.2) is 0 Å². The molecule has 2 aromatic rings. The molecule has 112 valence electrons. The third kappa shape index (κ3) is 3.03. The molecule has 0 radical (unpaired) electrons. The summed E-state index contributed by atoms with van der Waals surface area (Å²) in [5, 5.41) is 5.17. The van der Waals surface area contributed by atoms with Crippen LogP contribution in [0.5, 0.6) is 0 Å². The summed E-state index contributed by atoms with van der Waals surface area (Å²) in [6.45, 7) is 4.44. The molecule has 0 saturated carbocycles. The third-order valence-corrected chi connectivity index (χ3v) is 4.91. The number of aromatic nitrogens is 3. The highest BCUT2D eigenvalue weighted by atomic mass is 32.1. The average Bonchev–Trinajstić information content (AvgIpc) is 2.92. The van der Waals surface area contributed by atoms with Crippen molar-refractivity contribution in [3.05, 3.63) is 27.1 Å². The maximum absolute atomic E-state index is 12.1. The van der Waals surface area contributed by atoms with Gasteiger partial charge in [0.1, 0.15) is 11.3 Å². The van der Waals surface area contributed by atoms with E-state index in [1.807, 2.05) is 6.92 Å². The number of carbonyl (C=O) groups excluding carboxylic acids is 1. The number of nitrogens with zero attached hydrogens (tertiary/aromatic N) is 4. The number of aryl methyl sites for hydroxylation is 1. The van der Waals surface area contributed by atoms with Crippen LogP contribution in [-0.2, 0) is 17.8 Å². The number of rotatable bonds is 4. The molecule has 0 bridgehead atoms. The van der Waals surface area contributed by atoms with E-state index in [0.29, 0.717) is 11.5 Å². The Hall–Kier alpha value is -1.60. The molecule has 3 heterocycles. The smallest absolute Gasteiger partial charge is 0.275 e. The predicted molar refractivity (Wildman–Crippen MR) is 80.6 cm³/mol. The van der Waals surface area contributed by atoms with E-state index in [0.717, 1.165) is 49.3 Å². The fraction of sp³-hybridized carbons (Fsp3) is 0.571. The van der Waals surface area contributed by atoms with Crippen molar-refractivity contribution < 1.29 is 4.79 Å². The maximum atomic E-state index is 12.1. The Morgan fingerprint density at radius 2 is 2.19 bits per heavy atom. The first kappa shape index (κ1) is 14.3. The van der Waals surface area contributed by atoms with Crippen molar-refractivity contribution >= 4 is 22.6 Å². The van der Waals surface area contributed by atoms with Gasteiger partial charge in [-0.25, -0.2) is 4.98 Å². The monoisotopic (exact) mass is 306 g/mol. The van der Waals surface area contributed by atoms with Crippen LogP contribution in [0.4, 0.5) is 0 Å². The van der Waals surface area contributed by atoms with Gasteiger partial charge in [-0.1, -0.05) is 18.3 Å². The molecule has 0 amide bonds. The van der Waals surface area contributed by atoms with Crippen molar-refractivity contribution in [3.8, 4) is 0 Å². The maximum Gasteiger partial charge on any atom is 0.275 e. The van der Waals surface area contributed by atoms with E-state index < -0.39 is 0 Å². The molecule has 1 saturated heterocycles. The van der Waals surface area contributed by atoms with Crippen LogP contribution >= 0.6 is 11.3 Å². The lowest BCUT2D eigenvalue weighted by atomic mass is 9.98. The normalized spacial score (nSPS) is 17.4. The van der Waals surface area contributed by atoms with E-state index in [2.05, 4.69) is 15.0 Å². The first-order valence-electron chi connectivity index (χ1n) is 7.26. The fourth-order valence-electron chi connectivity index (χ4n) is 2.60. The topological polar surface area (TPSA) is 67.6 Å². The van der Waals surface area contributed by atoms with Crippen molar-refractivity contribution in [2.24, 2.45) is 5.92 Å². The van der Waals surface area contributed by atoms with Crippen LogP contribution in [0.1, 0.15) is 30.5 Å². The summed E-state index contributed by atoms with van der Waals surface area (Å²) in [7, 11) is 0. The number of hydrogen-bond donors (Lipinski definition) is 0. The van der Waals surface area contributed by atoms with Gasteiger partial charge in [0.05, 0.1) is 5.69 Å². The zero-order chi connectivity index (χ0) is 14.8. The number of piperidine rings is 1. The summed E-state index contributed by atoms with van der Waals surface area (Å²) in [4.78, 5) is 30.3. The molecule has 0 aliphatic carbocycles. The van der Waals surface area contributed by atoms with Crippen molar-refractivity contribution in [2.75, 3.05) is 13.1 Å². The largest absolute Gasteiger partial charge is 0.303 e. The Balaban J connectivity index is 1.78. The van der Waals surface area contributed by atoms with Gasteiger partial charge in [-0.3, -0.25) is 9.69 Å². The molecule has 1 aliphatic heterocycles. The van der Waals surface area contributed by atoms with Crippen LogP contribution in [-0.4, -0.2) is 38.9 Å². The highest BCUT2D eigenvalue weighted by Crippen LogP contribution is 2.17. The average molecular weight is 306 g/mol. The number of carbonyl (C=O) groups is 1. The van der Waals surface area contributed by atoms with Crippen LogP contribution in [0.3, 0.4) is 0 Å². The minimum absolute atomic E-state index is 0.117. The molecule has 1 aliphatic rings. The molecule has 21 heavy (non-hydrogen) atoms. The van der Waals surface area contributed by atoms with Crippen molar-refractivity contribution in [1.82, 2.24) is 19.5 Å². The lowest BCUT2D eigenvalue weighted by Gasteiger charge is -2.29. The van der Waals surface area contributed by atoms with Crippen LogP contribution in [0.25, 0.3) is 4.96 Å².